The third-order valence-electron chi connectivity index (χ3n) is 3.50. The molecule has 0 bridgehead atoms. The number of para-hydroxylation sites is 1. The van der Waals surface area contributed by atoms with Crippen LogP contribution in [0.1, 0.15) is 26.3 Å². The Kier molecular flexibility index (Phi) is 5.78. The fraction of sp³-hybridized carbons (Fsp3) is 0.316. The van der Waals surface area contributed by atoms with Crippen molar-refractivity contribution in [3.05, 3.63) is 48.0 Å². The van der Waals surface area contributed by atoms with E-state index in [1.54, 1.807) is 18.9 Å². The lowest BCUT2D eigenvalue weighted by atomic mass is 9.95. The molecule has 0 unspecified atom stereocenters. The highest BCUT2D eigenvalue weighted by Gasteiger charge is 2.22. The quantitative estimate of drug-likeness (QED) is 0.617. The average Bonchev–Trinajstić information content (AvgIpc) is 2.53. The van der Waals surface area contributed by atoms with Crippen molar-refractivity contribution in [1.29, 1.82) is 0 Å². The molecule has 2 aromatic carbocycles. The van der Waals surface area contributed by atoms with Gasteiger partial charge in [0, 0.05) is 27.3 Å². The van der Waals surface area contributed by atoms with Crippen molar-refractivity contribution in [2.24, 2.45) is 5.41 Å². The molecule has 4 nitrogen and oxygen atoms in total. The first-order valence-electron chi connectivity index (χ1n) is 7.77. The predicted molar refractivity (Wildman–Crippen MR) is 101 cm³/mol. The number of nitrogens with two attached hydrogens (primary N) is 1. The van der Waals surface area contributed by atoms with Gasteiger partial charge in [0.15, 0.2) is 0 Å². The molecule has 3 N–H and O–H groups in total. The number of nitrogen functional groups attached to an aromatic ring is 1. The first-order chi connectivity index (χ1) is 11.3. The van der Waals surface area contributed by atoms with Gasteiger partial charge in [0.25, 0.3) is 0 Å². The van der Waals surface area contributed by atoms with Crippen LogP contribution in [-0.4, -0.2) is 13.0 Å². The number of thioether (sulfide) groups is 1. The largest absolute Gasteiger partial charge is 0.496 e. The van der Waals surface area contributed by atoms with Crippen LogP contribution in [0.15, 0.2) is 47.4 Å². The number of hydrogen-bond donors (Lipinski definition) is 2. The van der Waals surface area contributed by atoms with E-state index >= 15 is 0 Å². The molecule has 1 amide bonds. The van der Waals surface area contributed by atoms with E-state index in [1.165, 1.54) is 0 Å². The number of ether oxygens (including phenoxy) is 1. The highest BCUT2D eigenvalue weighted by Crippen LogP contribution is 2.34. The Labute approximate surface area is 147 Å². The summed E-state index contributed by atoms with van der Waals surface area (Å²) in [6, 6.07) is 13.4. The molecule has 128 valence electrons. The Morgan fingerprint density at radius 1 is 1.21 bits per heavy atom. The minimum absolute atomic E-state index is 0.00270. The molecule has 0 aliphatic rings. The third kappa shape index (κ3) is 4.68. The molecule has 0 atom stereocenters. The molecule has 0 aliphatic heterocycles. The molecule has 0 spiro atoms. The number of rotatable bonds is 5. The fourth-order valence-electron chi connectivity index (χ4n) is 2.07. The number of nitrogens with one attached hydrogen (secondary N) is 1. The van der Waals surface area contributed by atoms with E-state index in [-0.39, 0.29) is 5.91 Å². The van der Waals surface area contributed by atoms with Crippen LogP contribution in [-0.2, 0) is 10.5 Å². The second kappa shape index (κ2) is 7.62. The van der Waals surface area contributed by atoms with Gasteiger partial charge in [-0.1, -0.05) is 32.9 Å². The summed E-state index contributed by atoms with van der Waals surface area (Å²) in [6.45, 7) is 5.70. The van der Waals surface area contributed by atoms with E-state index in [9.17, 15) is 4.79 Å². The van der Waals surface area contributed by atoms with E-state index in [0.717, 1.165) is 21.9 Å². The Balaban J connectivity index is 2.17. The van der Waals surface area contributed by atoms with Crippen molar-refractivity contribution in [2.75, 3.05) is 18.2 Å². The molecular weight excluding hydrogens is 320 g/mol. The van der Waals surface area contributed by atoms with Crippen molar-refractivity contribution in [3.8, 4) is 5.75 Å². The molecule has 2 rings (SSSR count). The molecular formula is C19H24N2O2S. The monoisotopic (exact) mass is 344 g/mol. The van der Waals surface area contributed by atoms with Gasteiger partial charge in [-0.25, -0.2) is 0 Å². The van der Waals surface area contributed by atoms with Crippen molar-refractivity contribution >= 4 is 29.0 Å². The number of carbonyl (C=O) groups excluding carboxylic acids is 1. The molecule has 0 saturated carbocycles. The number of amides is 1. The van der Waals surface area contributed by atoms with Crippen molar-refractivity contribution in [2.45, 2.75) is 31.4 Å². The molecule has 0 fully saturated rings. The normalized spacial score (nSPS) is 11.2. The Bertz CT molecular complexity index is 724. The zero-order valence-electron chi connectivity index (χ0n) is 14.6. The number of hydrogen-bond acceptors (Lipinski definition) is 4. The molecule has 0 aliphatic carbocycles. The van der Waals surface area contributed by atoms with Gasteiger partial charge < -0.3 is 15.8 Å². The first-order valence-corrected chi connectivity index (χ1v) is 8.75. The summed E-state index contributed by atoms with van der Waals surface area (Å²) >= 11 is 1.64. The molecule has 2 aromatic rings. The van der Waals surface area contributed by atoms with Crippen LogP contribution in [0.25, 0.3) is 0 Å². The summed E-state index contributed by atoms with van der Waals surface area (Å²) < 4.78 is 5.39. The zero-order valence-corrected chi connectivity index (χ0v) is 15.4. The van der Waals surface area contributed by atoms with E-state index in [0.29, 0.717) is 11.4 Å². The van der Waals surface area contributed by atoms with Crippen molar-refractivity contribution in [3.63, 3.8) is 0 Å². The van der Waals surface area contributed by atoms with E-state index < -0.39 is 5.41 Å². The highest BCUT2D eigenvalue weighted by atomic mass is 32.2. The van der Waals surface area contributed by atoms with E-state index in [2.05, 4.69) is 5.32 Å². The van der Waals surface area contributed by atoms with Gasteiger partial charge >= 0.3 is 0 Å². The van der Waals surface area contributed by atoms with Crippen LogP contribution in [0, 0.1) is 5.41 Å². The lowest BCUT2D eigenvalue weighted by Gasteiger charge is -2.19. The number of carbonyl (C=O) groups is 1. The number of methoxy groups -OCH3 is 1. The third-order valence-corrected chi connectivity index (χ3v) is 4.63. The van der Waals surface area contributed by atoms with Crippen LogP contribution in [0.5, 0.6) is 5.75 Å². The number of anilines is 2. The Morgan fingerprint density at radius 3 is 2.58 bits per heavy atom. The average molecular weight is 344 g/mol. The Morgan fingerprint density at radius 2 is 1.92 bits per heavy atom. The summed E-state index contributed by atoms with van der Waals surface area (Å²) in [6.07, 6.45) is 0. The maximum absolute atomic E-state index is 12.2. The molecule has 0 radical (unpaired) electrons. The van der Waals surface area contributed by atoms with Gasteiger partial charge in [-0.3, -0.25) is 4.79 Å². The molecule has 0 aromatic heterocycles. The highest BCUT2D eigenvalue weighted by molar-refractivity contribution is 7.98. The van der Waals surface area contributed by atoms with Crippen LogP contribution in [0.3, 0.4) is 0 Å². The summed E-state index contributed by atoms with van der Waals surface area (Å²) in [5.41, 5.74) is 8.00. The van der Waals surface area contributed by atoms with Gasteiger partial charge in [0.1, 0.15) is 5.75 Å². The Hall–Kier alpha value is -2.14. The second-order valence-electron chi connectivity index (χ2n) is 6.56. The van der Waals surface area contributed by atoms with Crippen LogP contribution >= 0.6 is 11.8 Å². The minimum atomic E-state index is -0.436. The van der Waals surface area contributed by atoms with Crippen LogP contribution in [0.4, 0.5) is 11.4 Å². The van der Waals surface area contributed by atoms with Gasteiger partial charge in [-0.15, -0.1) is 11.8 Å². The van der Waals surface area contributed by atoms with Gasteiger partial charge in [0.05, 0.1) is 12.8 Å². The lowest BCUT2D eigenvalue weighted by molar-refractivity contribution is -0.123. The number of benzene rings is 2. The fourth-order valence-corrected chi connectivity index (χ4v) is 3.06. The van der Waals surface area contributed by atoms with Gasteiger partial charge in [0.2, 0.25) is 5.91 Å². The van der Waals surface area contributed by atoms with Crippen molar-refractivity contribution < 1.29 is 9.53 Å². The van der Waals surface area contributed by atoms with E-state index in [1.807, 2.05) is 63.2 Å². The molecule has 5 heteroatoms. The maximum Gasteiger partial charge on any atom is 0.229 e. The smallest absolute Gasteiger partial charge is 0.229 e. The standard InChI is InChI=1S/C19H24N2O2S/c1-19(2,3)18(22)21-15-7-5-6-8-17(15)24-12-13-11-14(20)9-10-16(13)23-4/h5-11H,12,20H2,1-4H3,(H,21,22). The zero-order chi connectivity index (χ0) is 17.7. The molecule has 24 heavy (non-hydrogen) atoms. The predicted octanol–water partition coefficient (Wildman–Crippen LogP) is 4.55. The minimum Gasteiger partial charge on any atom is -0.496 e. The van der Waals surface area contributed by atoms with E-state index in [4.69, 9.17) is 10.5 Å². The SMILES string of the molecule is COc1ccc(N)cc1CSc1ccccc1NC(=O)C(C)(C)C. The van der Waals surface area contributed by atoms with Crippen molar-refractivity contribution in [1.82, 2.24) is 0 Å². The maximum atomic E-state index is 12.2. The molecule has 0 saturated heterocycles. The van der Waals surface area contributed by atoms with Gasteiger partial charge in [-0.05, 0) is 30.3 Å². The first kappa shape index (κ1) is 18.2. The summed E-state index contributed by atoms with van der Waals surface area (Å²) in [4.78, 5) is 13.3. The summed E-state index contributed by atoms with van der Waals surface area (Å²) in [5.74, 6) is 1.52. The van der Waals surface area contributed by atoms with Crippen LogP contribution < -0.4 is 15.8 Å². The summed E-state index contributed by atoms with van der Waals surface area (Å²) in [7, 11) is 1.65. The van der Waals surface area contributed by atoms with Gasteiger partial charge in [-0.2, -0.15) is 0 Å². The van der Waals surface area contributed by atoms with Crippen LogP contribution in [0.2, 0.25) is 0 Å². The molecule has 0 heterocycles. The second-order valence-corrected chi connectivity index (χ2v) is 7.58. The summed E-state index contributed by atoms with van der Waals surface area (Å²) in [5, 5.41) is 3.01. The topological polar surface area (TPSA) is 64.3 Å². The lowest BCUT2D eigenvalue weighted by Crippen LogP contribution is -2.27.